The third-order valence-electron chi connectivity index (χ3n) is 4.13. The van der Waals surface area contributed by atoms with Gasteiger partial charge >= 0.3 is 0 Å². The minimum absolute atomic E-state index is 0.0516. The molecular formula is C19H21NO5. The standard InChI is InChI=1S/C19H21NO5/c1-2-19(25-13-7-8-16-18(9-13)23-12-22-16)20-10-14-11-21-15-5-3-4-6-17(15)24-14/h3-9,14,19-20H,2,10-12H2,1H3/t14-,19?/m0/s1. The second-order valence-corrected chi connectivity index (χ2v) is 5.94. The van der Waals surface area contributed by atoms with Gasteiger partial charge in [-0.05, 0) is 30.7 Å². The van der Waals surface area contributed by atoms with Crippen LogP contribution in [-0.4, -0.2) is 32.3 Å². The van der Waals surface area contributed by atoms with E-state index >= 15 is 0 Å². The summed E-state index contributed by atoms with van der Waals surface area (Å²) in [6.07, 6.45) is 0.643. The molecule has 2 aromatic rings. The minimum atomic E-state index is -0.124. The van der Waals surface area contributed by atoms with E-state index in [0.717, 1.165) is 29.4 Å². The van der Waals surface area contributed by atoms with Crippen LogP contribution < -0.4 is 29.0 Å². The van der Waals surface area contributed by atoms with Gasteiger partial charge in [0, 0.05) is 12.6 Å². The molecular weight excluding hydrogens is 322 g/mol. The van der Waals surface area contributed by atoms with Crippen molar-refractivity contribution in [3.63, 3.8) is 0 Å². The van der Waals surface area contributed by atoms with Gasteiger partial charge in [-0.3, -0.25) is 5.32 Å². The lowest BCUT2D eigenvalue weighted by atomic mass is 10.2. The molecule has 4 rings (SSSR count). The molecule has 0 aliphatic carbocycles. The smallest absolute Gasteiger partial charge is 0.231 e. The van der Waals surface area contributed by atoms with Gasteiger partial charge in [0.2, 0.25) is 6.79 Å². The number of ether oxygens (including phenoxy) is 5. The van der Waals surface area contributed by atoms with E-state index in [0.29, 0.717) is 18.9 Å². The van der Waals surface area contributed by atoms with Crippen molar-refractivity contribution in [3.8, 4) is 28.7 Å². The maximum Gasteiger partial charge on any atom is 0.231 e. The summed E-state index contributed by atoms with van der Waals surface area (Å²) in [6, 6.07) is 13.3. The number of benzene rings is 2. The lowest BCUT2D eigenvalue weighted by molar-refractivity contribution is 0.0715. The predicted molar refractivity (Wildman–Crippen MR) is 91.6 cm³/mol. The Labute approximate surface area is 146 Å². The van der Waals surface area contributed by atoms with Crippen molar-refractivity contribution in [3.05, 3.63) is 42.5 Å². The van der Waals surface area contributed by atoms with Crippen LogP contribution in [0.25, 0.3) is 0 Å². The number of nitrogens with one attached hydrogen (secondary N) is 1. The fourth-order valence-corrected chi connectivity index (χ4v) is 2.81. The average molecular weight is 343 g/mol. The SMILES string of the molecule is CCC(NC[C@H]1COc2ccccc2O1)Oc1ccc2c(c1)OCO2. The summed E-state index contributed by atoms with van der Waals surface area (Å²) in [7, 11) is 0. The van der Waals surface area contributed by atoms with Gasteiger partial charge in [0.05, 0.1) is 0 Å². The molecule has 0 amide bonds. The molecule has 0 spiro atoms. The molecule has 6 nitrogen and oxygen atoms in total. The predicted octanol–water partition coefficient (Wildman–Crippen LogP) is 2.96. The fourth-order valence-electron chi connectivity index (χ4n) is 2.81. The highest BCUT2D eigenvalue weighted by Gasteiger charge is 2.22. The van der Waals surface area contributed by atoms with Gasteiger partial charge in [-0.15, -0.1) is 0 Å². The summed E-state index contributed by atoms with van der Waals surface area (Å²) in [6.45, 7) is 3.48. The van der Waals surface area contributed by atoms with E-state index in [-0.39, 0.29) is 19.1 Å². The molecule has 25 heavy (non-hydrogen) atoms. The first-order valence-electron chi connectivity index (χ1n) is 8.50. The molecule has 2 heterocycles. The van der Waals surface area contributed by atoms with Crippen LogP contribution in [-0.2, 0) is 0 Å². The van der Waals surface area contributed by atoms with Gasteiger partial charge in [-0.1, -0.05) is 19.1 Å². The van der Waals surface area contributed by atoms with E-state index in [1.54, 1.807) is 0 Å². The normalized spacial score (nSPS) is 18.7. The van der Waals surface area contributed by atoms with Crippen molar-refractivity contribution in [2.45, 2.75) is 25.7 Å². The fraction of sp³-hybridized carbons (Fsp3) is 0.368. The Kier molecular flexibility index (Phi) is 4.52. The second-order valence-electron chi connectivity index (χ2n) is 5.94. The molecule has 0 fully saturated rings. The number of fused-ring (bicyclic) bond motifs is 2. The van der Waals surface area contributed by atoms with Crippen LogP contribution in [0.2, 0.25) is 0 Å². The van der Waals surface area contributed by atoms with Gasteiger partial charge in [0.25, 0.3) is 0 Å². The maximum atomic E-state index is 6.01. The molecule has 1 N–H and O–H groups in total. The van der Waals surface area contributed by atoms with Crippen LogP contribution in [0.1, 0.15) is 13.3 Å². The van der Waals surface area contributed by atoms with E-state index in [9.17, 15) is 0 Å². The molecule has 0 aromatic heterocycles. The van der Waals surface area contributed by atoms with Crippen LogP contribution in [0.15, 0.2) is 42.5 Å². The topological polar surface area (TPSA) is 58.2 Å². The zero-order valence-electron chi connectivity index (χ0n) is 14.1. The van der Waals surface area contributed by atoms with Gasteiger partial charge in [0.1, 0.15) is 24.7 Å². The number of hydrogen-bond acceptors (Lipinski definition) is 6. The monoisotopic (exact) mass is 343 g/mol. The average Bonchev–Trinajstić information content (AvgIpc) is 3.12. The zero-order valence-corrected chi connectivity index (χ0v) is 14.1. The number of rotatable bonds is 6. The Bertz CT molecular complexity index is 736. The van der Waals surface area contributed by atoms with E-state index < -0.39 is 0 Å². The van der Waals surface area contributed by atoms with Gasteiger partial charge in [-0.2, -0.15) is 0 Å². The Morgan fingerprint density at radius 3 is 2.72 bits per heavy atom. The molecule has 0 saturated heterocycles. The largest absolute Gasteiger partial charge is 0.486 e. The minimum Gasteiger partial charge on any atom is -0.486 e. The first-order valence-corrected chi connectivity index (χ1v) is 8.50. The lowest BCUT2D eigenvalue weighted by Crippen LogP contribution is -2.44. The van der Waals surface area contributed by atoms with Gasteiger partial charge < -0.3 is 23.7 Å². The van der Waals surface area contributed by atoms with E-state index in [2.05, 4.69) is 12.2 Å². The highest BCUT2D eigenvalue weighted by Crippen LogP contribution is 2.35. The summed E-state index contributed by atoms with van der Waals surface area (Å²) < 4.78 is 28.4. The van der Waals surface area contributed by atoms with Crippen molar-refractivity contribution < 1.29 is 23.7 Å². The summed E-state index contributed by atoms with van der Waals surface area (Å²) >= 11 is 0. The molecule has 2 aliphatic heterocycles. The molecule has 2 aromatic carbocycles. The van der Waals surface area contributed by atoms with E-state index in [4.69, 9.17) is 23.7 Å². The zero-order chi connectivity index (χ0) is 17.1. The number of para-hydroxylation sites is 2. The Morgan fingerprint density at radius 2 is 1.84 bits per heavy atom. The molecule has 2 aliphatic rings. The molecule has 1 unspecified atom stereocenters. The van der Waals surface area contributed by atoms with Gasteiger partial charge in [-0.25, -0.2) is 0 Å². The van der Waals surface area contributed by atoms with E-state index in [1.165, 1.54) is 0 Å². The van der Waals surface area contributed by atoms with Gasteiger partial charge in [0.15, 0.2) is 23.0 Å². The summed E-state index contributed by atoms with van der Waals surface area (Å²) in [5.74, 6) is 3.79. The summed E-state index contributed by atoms with van der Waals surface area (Å²) in [5, 5.41) is 3.39. The quantitative estimate of drug-likeness (QED) is 0.814. The van der Waals surface area contributed by atoms with Crippen molar-refractivity contribution in [1.29, 1.82) is 0 Å². The summed E-state index contributed by atoms with van der Waals surface area (Å²) in [5.41, 5.74) is 0. The van der Waals surface area contributed by atoms with Crippen molar-refractivity contribution in [2.24, 2.45) is 0 Å². The van der Waals surface area contributed by atoms with Crippen molar-refractivity contribution in [2.75, 3.05) is 19.9 Å². The Balaban J connectivity index is 1.32. The van der Waals surface area contributed by atoms with Crippen LogP contribution >= 0.6 is 0 Å². The Hall–Kier alpha value is -2.60. The molecule has 0 radical (unpaired) electrons. The second kappa shape index (κ2) is 7.11. The molecule has 0 saturated carbocycles. The highest BCUT2D eigenvalue weighted by atomic mass is 16.7. The van der Waals surface area contributed by atoms with Crippen LogP contribution in [0.5, 0.6) is 28.7 Å². The van der Waals surface area contributed by atoms with Crippen molar-refractivity contribution >= 4 is 0 Å². The van der Waals surface area contributed by atoms with Crippen LogP contribution in [0.3, 0.4) is 0 Å². The lowest BCUT2D eigenvalue weighted by Gasteiger charge is -2.28. The van der Waals surface area contributed by atoms with Crippen LogP contribution in [0.4, 0.5) is 0 Å². The third-order valence-corrected chi connectivity index (χ3v) is 4.13. The van der Waals surface area contributed by atoms with E-state index in [1.807, 2.05) is 42.5 Å². The van der Waals surface area contributed by atoms with Crippen LogP contribution in [0, 0.1) is 0 Å². The molecule has 2 atom stereocenters. The molecule has 132 valence electrons. The third kappa shape index (κ3) is 3.58. The van der Waals surface area contributed by atoms with Crippen molar-refractivity contribution in [1.82, 2.24) is 5.32 Å². The maximum absolute atomic E-state index is 6.01. The first kappa shape index (κ1) is 15.9. The highest BCUT2D eigenvalue weighted by molar-refractivity contribution is 5.47. The molecule has 6 heteroatoms. The summed E-state index contributed by atoms with van der Waals surface area (Å²) in [4.78, 5) is 0. The number of hydrogen-bond donors (Lipinski definition) is 1. The Morgan fingerprint density at radius 1 is 1.04 bits per heavy atom. The first-order chi connectivity index (χ1) is 12.3. The molecule has 0 bridgehead atoms.